The molecule has 2 aromatic carbocycles. The highest BCUT2D eigenvalue weighted by Gasteiger charge is 2.26. The SMILES string of the molecule is Cc1ccccc1[C@H](NC(=O)c1ccc(N2CCCCS2(=O)=O)cc1)C(C)C. The van der Waals surface area contributed by atoms with E-state index in [9.17, 15) is 13.2 Å². The summed E-state index contributed by atoms with van der Waals surface area (Å²) in [4.78, 5) is 12.8. The van der Waals surface area contributed by atoms with E-state index in [-0.39, 0.29) is 23.6 Å². The summed E-state index contributed by atoms with van der Waals surface area (Å²) >= 11 is 0. The molecule has 1 heterocycles. The third-order valence-corrected chi connectivity index (χ3v) is 7.11. The zero-order valence-electron chi connectivity index (χ0n) is 16.7. The van der Waals surface area contributed by atoms with E-state index in [4.69, 9.17) is 0 Å². The van der Waals surface area contributed by atoms with Crippen LogP contribution in [0.25, 0.3) is 0 Å². The molecule has 1 aliphatic heterocycles. The van der Waals surface area contributed by atoms with Crippen LogP contribution < -0.4 is 9.62 Å². The van der Waals surface area contributed by atoms with Crippen LogP contribution in [0.15, 0.2) is 48.5 Å². The molecule has 0 aliphatic carbocycles. The minimum atomic E-state index is -3.25. The predicted molar refractivity (Wildman–Crippen MR) is 113 cm³/mol. The van der Waals surface area contributed by atoms with Crippen LogP contribution in [0.3, 0.4) is 0 Å². The molecule has 0 aromatic heterocycles. The quantitative estimate of drug-likeness (QED) is 0.823. The van der Waals surface area contributed by atoms with E-state index in [1.807, 2.05) is 31.2 Å². The number of carbonyl (C=O) groups excluding carboxylic acids is 1. The summed E-state index contributed by atoms with van der Waals surface area (Å²) in [6, 6.07) is 14.8. The van der Waals surface area contributed by atoms with E-state index in [0.717, 1.165) is 17.5 Å². The van der Waals surface area contributed by atoms with E-state index >= 15 is 0 Å². The first-order chi connectivity index (χ1) is 13.3. The molecule has 2 aromatic rings. The first-order valence-corrected chi connectivity index (χ1v) is 11.4. The van der Waals surface area contributed by atoms with Crippen LogP contribution in [-0.4, -0.2) is 26.6 Å². The van der Waals surface area contributed by atoms with Gasteiger partial charge in [0.05, 0.1) is 17.5 Å². The molecule has 1 atom stereocenters. The average Bonchev–Trinajstić information content (AvgIpc) is 2.66. The van der Waals surface area contributed by atoms with Gasteiger partial charge in [-0.15, -0.1) is 0 Å². The summed E-state index contributed by atoms with van der Waals surface area (Å²) in [6.45, 7) is 6.71. The van der Waals surface area contributed by atoms with Crippen molar-refractivity contribution < 1.29 is 13.2 Å². The first kappa shape index (κ1) is 20.4. The van der Waals surface area contributed by atoms with Crippen molar-refractivity contribution in [3.05, 3.63) is 65.2 Å². The molecular formula is C22H28N2O3S. The lowest BCUT2D eigenvalue weighted by atomic mass is 9.92. The van der Waals surface area contributed by atoms with Gasteiger partial charge in [-0.1, -0.05) is 38.1 Å². The van der Waals surface area contributed by atoms with Crippen LogP contribution in [-0.2, 0) is 10.0 Å². The molecule has 0 saturated carbocycles. The van der Waals surface area contributed by atoms with E-state index in [2.05, 4.69) is 19.2 Å². The molecule has 28 heavy (non-hydrogen) atoms. The van der Waals surface area contributed by atoms with Gasteiger partial charge in [0, 0.05) is 12.1 Å². The van der Waals surface area contributed by atoms with Gasteiger partial charge >= 0.3 is 0 Å². The van der Waals surface area contributed by atoms with E-state index in [1.165, 1.54) is 4.31 Å². The van der Waals surface area contributed by atoms with Crippen molar-refractivity contribution in [2.45, 2.75) is 39.7 Å². The average molecular weight is 401 g/mol. The molecule has 6 heteroatoms. The summed E-state index contributed by atoms with van der Waals surface area (Å²) in [5, 5.41) is 3.13. The minimum absolute atomic E-state index is 0.0872. The van der Waals surface area contributed by atoms with Gasteiger partial charge in [-0.3, -0.25) is 9.10 Å². The van der Waals surface area contributed by atoms with Crippen LogP contribution in [0.4, 0.5) is 5.69 Å². The molecule has 1 N–H and O–H groups in total. The highest BCUT2D eigenvalue weighted by molar-refractivity contribution is 7.92. The Labute approximate surface area is 167 Å². The highest BCUT2D eigenvalue weighted by atomic mass is 32.2. The summed E-state index contributed by atoms with van der Waals surface area (Å²) in [7, 11) is -3.25. The van der Waals surface area contributed by atoms with Crippen molar-refractivity contribution in [3.63, 3.8) is 0 Å². The topological polar surface area (TPSA) is 66.5 Å². The number of nitrogens with zero attached hydrogens (tertiary/aromatic N) is 1. The fourth-order valence-electron chi connectivity index (χ4n) is 3.62. The fraction of sp³-hybridized carbons (Fsp3) is 0.409. The van der Waals surface area contributed by atoms with Gasteiger partial charge in [-0.05, 0) is 61.1 Å². The number of rotatable bonds is 5. The van der Waals surface area contributed by atoms with Crippen molar-refractivity contribution in [2.75, 3.05) is 16.6 Å². The maximum absolute atomic E-state index is 12.8. The van der Waals surface area contributed by atoms with Crippen LogP contribution in [0, 0.1) is 12.8 Å². The number of anilines is 1. The summed E-state index contributed by atoms with van der Waals surface area (Å²) in [5.74, 6) is 0.264. The van der Waals surface area contributed by atoms with Crippen molar-refractivity contribution in [1.29, 1.82) is 0 Å². The second kappa shape index (κ2) is 8.35. The second-order valence-electron chi connectivity index (χ2n) is 7.69. The third-order valence-electron chi connectivity index (χ3n) is 5.24. The molecule has 1 aliphatic rings. The lowest BCUT2D eigenvalue weighted by Gasteiger charge is -2.28. The molecule has 0 spiro atoms. The Bertz CT molecular complexity index is 937. The summed E-state index contributed by atoms with van der Waals surface area (Å²) < 4.78 is 26.0. The Morgan fingerprint density at radius 2 is 1.71 bits per heavy atom. The highest BCUT2D eigenvalue weighted by Crippen LogP contribution is 2.26. The van der Waals surface area contributed by atoms with Gasteiger partial charge in [0.1, 0.15) is 0 Å². The van der Waals surface area contributed by atoms with Crippen LogP contribution >= 0.6 is 0 Å². The second-order valence-corrected chi connectivity index (χ2v) is 9.71. The van der Waals surface area contributed by atoms with Crippen molar-refractivity contribution in [2.24, 2.45) is 5.92 Å². The van der Waals surface area contributed by atoms with Crippen molar-refractivity contribution >= 4 is 21.6 Å². The smallest absolute Gasteiger partial charge is 0.251 e. The molecule has 0 unspecified atom stereocenters. The Kier molecular flexibility index (Phi) is 6.08. The molecule has 0 bridgehead atoms. The first-order valence-electron chi connectivity index (χ1n) is 9.76. The molecule has 1 saturated heterocycles. The Balaban J connectivity index is 1.78. The lowest BCUT2D eigenvalue weighted by Crippen LogP contribution is -2.37. The van der Waals surface area contributed by atoms with E-state index < -0.39 is 10.0 Å². The van der Waals surface area contributed by atoms with E-state index in [0.29, 0.717) is 24.2 Å². The summed E-state index contributed by atoms with van der Waals surface area (Å²) in [5.41, 5.74) is 3.40. The monoisotopic (exact) mass is 400 g/mol. The molecule has 0 radical (unpaired) electrons. The fourth-order valence-corrected chi connectivity index (χ4v) is 5.26. The standard InChI is InChI=1S/C22H28N2O3S/c1-16(2)21(20-9-5-4-8-17(20)3)23-22(25)18-10-12-19(13-11-18)24-14-6-7-15-28(24,26)27/h4-5,8-13,16,21H,6-7,14-15H2,1-3H3,(H,23,25)/t21-/m1/s1. The zero-order chi connectivity index (χ0) is 20.3. The number of nitrogens with one attached hydrogen (secondary N) is 1. The van der Waals surface area contributed by atoms with Crippen LogP contribution in [0.5, 0.6) is 0 Å². The van der Waals surface area contributed by atoms with Gasteiger partial charge in [-0.2, -0.15) is 0 Å². The zero-order valence-corrected chi connectivity index (χ0v) is 17.5. The normalized spacial score (nSPS) is 17.4. The molecule has 5 nitrogen and oxygen atoms in total. The minimum Gasteiger partial charge on any atom is -0.345 e. The number of hydrogen-bond acceptors (Lipinski definition) is 3. The van der Waals surface area contributed by atoms with Gasteiger partial charge in [0.15, 0.2) is 0 Å². The predicted octanol–water partition coefficient (Wildman–Crippen LogP) is 4.05. The number of aryl methyl sites for hydroxylation is 1. The van der Waals surface area contributed by atoms with E-state index in [1.54, 1.807) is 24.3 Å². The van der Waals surface area contributed by atoms with Crippen LogP contribution in [0.2, 0.25) is 0 Å². The molecular weight excluding hydrogens is 372 g/mol. The number of sulfonamides is 1. The van der Waals surface area contributed by atoms with Crippen molar-refractivity contribution in [1.82, 2.24) is 5.32 Å². The molecule has 150 valence electrons. The number of hydrogen-bond donors (Lipinski definition) is 1. The van der Waals surface area contributed by atoms with Crippen molar-refractivity contribution in [3.8, 4) is 0 Å². The Morgan fingerprint density at radius 3 is 2.32 bits per heavy atom. The van der Waals surface area contributed by atoms with Crippen LogP contribution in [0.1, 0.15) is 54.2 Å². The molecule has 3 rings (SSSR count). The number of benzene rings is 2. The largest absolute Gasteiger partial charge is 0.345 e. The Hall–Kier alpha value is -2.34. The summed E-state index contributed by atoms with van der Waals surface area (Å²) in [6.07, 6.45) is 1.56. The van der Waals surface area contributed by atoms with Gasteiger partial charge < -0.3 is 5.32 Å². The number of carbonyl (C=O) groups is 1. The lowest BCUT2D eigenvalue weighted by molar-refractivity contribution is 0.0925. The van der Waals surface area contributed by atoms with Gasteiger partial charge in [0.25, 0.3) is 5.91 Å². The van der Waals surface area contributed by atoms with Gasteiger partial charge in [0.2, 0.25) is 10.0 Å². The molecule has 1 fully saturated rings. The number of amides is 1. The maximum atomic E-state index is 12.8. The third kappa shape index (κ3) is 4.38. The van der Waals surface area contributed by atoms with Gasteiger partial charge in [-0.25, -0.2) is 8.42 Å². The Morgan fingerprint density at radius 1 is 1.04 bits per heavy atom. The molecule has 1 amide bonds. The maximum Gasteiger partial charge on any atom is 0.251 e.